The van der Waals surface area contributed by atoms with Crippen molar-refractivity contribution in [1.82, 2.24) is 4.90 Å². The Bertz CT molecular complexity index is 1030. The van der Waals surface area contributed by atoms with Gasteiger partial charge < -0.3 is 19.5 Å². The van der Waals surface area contributed by atoms with Crippen LogP contribution in [0.3, 0.4) is 0 Å². The van der Waals surface area contributed by atoms with Gasteiger partial charge >= 0.3 is 0 Å². The molecule has 0 radical (unpaired) electrons. The second-order valence-corrected chi connectivity index (χ2v) is 7.62. The smallest absolute Gasteiger partial charge is 0.295 e. The van der Waals surface area contributed by atoms with E-state index in [2.05, 4.69) is 0 Å². The molecule has 164 valence electrons. The van der Waals surface area contributed by atoms with Gasteiger partial charge in [0.05, 0.1) is 25.3 Å². The lowest BCUT2D eigenvalue weighted by Crippen LogP contribution is -2.33. The summed E-state index contributed by atoms with van der Waals surface area (Å²) in [7, 11) is 3.03. The van der Waals surface area contributed by atoms with Crippen molar-refractivity contribution in [3.05, 3.63) is 70.5 Å². The number of amides is 1. The number of carbonyl (C=O) groups excluding carboxylic acids is 2. The van der Waals surface area contributed by atoms with Crippen LogP contribution in [0.2, 0.25) is 0 Å². The van der Waals surface area contributed by atoms with E-state index in [1.54, 1.807) is 31.4 Å². The zero-order chi connectivity index (χ0) is 22.7. The Morgan fingerprint density at radius 1 is 1.16 bits per heavy atom. The van der Waals surface area contributed by atoms with Crippen LogP contribution in [-0.4, -0.2) is 49.1 Å². The normalized spacial score (nSPS) is 18.1. The molecule has 1 atom stereocenters. The second-order valence-electron chi connectivity index (χ2n) is 7.62. The lowest BCUT2D eigenvalue weighted by molar-refractivity contribution is -0.140. The average Bonchev–Trinajstić information content (AvgIpc) is 3.01. The predicted molar refractivity (Wildman–Crippen MR) is 114 cm³/mol. The van der Waals surface area contributed by atoms with Gasteiger partial charge in [0.15, 0.2) is 0 Å². The number of aliphatic hydroxyl groups is 1. The number of nitrogens with zero attached hydrogens (tertiary/aromatic N) is 1. The highest BCUT2D eigenvalue weighted by Gasteiger charge is 2.46. The number of benzene rings is 2. The minimum Gasteiger partial charge on any atom is -0.507 e. The van der Waals surface area contributed by atoms with Crippen LogP contribution >= 0.6 is 0 Å². The molecule has 6 nitrogen and oxygen atoms in total. The predicted octanol–water partition coefficient (Wildman–Crippen LogP) is 4.03. The van der Waals surface area contributed by atoms with Gasteiger partial charge in [-0.2, -0.15) is 0 Å². The van der Waals surface area contributed by atoms with Crippen molar-refractivity contribution < 1.29 is 28.6 Å². The number of rotatable bonds is 7. The molecule has 1 fully saturated rings. The van der Waals surface area contributed by atoms with Crippen LogP contribution in [0, 0.1) is 5.82 Å². The quantitative estimate of drug-likeness (QED) is 0.410. The fourth-order valence-electron chi connectivity index (χ4n) is 3.81. The Morgan fingerprint density at radius 3 is 2.48 bits per heavy atom. The molecular formula is C24H26FNO5. The van der Waals surface area contributed by atoms with Crippen molar-refractivity contribution in [1.29, 1.82) is 0 Å². The van der Waals surface area contributed by atoms with Gasteiger partial charge in [-0.3, -0.25) is 9.59 Å². The summed E-state index contributed by atoms with van der Waals surface area (Å²) in [6.07, 6.45) is 0. The van der Waals surface area contributed by atoms with Crippen molar-refractivity contribution in [2.75, 3.05) is 27.4 Å². The fourth-order valence-corrected chi connectivity index (χ4v) is 3.81. The first-order valence-electron chi connectivity index (χ1n) is 10.0. The minimum atomic E-state index is -1.05. The molecular weight excluding hydrogens is 401 g/mol. The maximum atomic E-state index is 14.7. The summed E-state index contributed by atoms with van der Waals surface area (Å²) in [6, 6.07) is 9.89. The van der Waals surface area contributed by atoms with Crippen molar-refractivity contribution >= 4 is 17.4 Å². The molecule has 2 aromatic carbocycles. The number of methoxy groups -OCH3 is 2. The molecule has 1 aliphatic heterocycles. The minimum absolute atomic E-state index is 0.0801. The largest absolute Gasteiger partial charge is 0.507 e. The fraction of sp³-hybridized carbons (Fsp3) is 0.333. The van der Waals surface area contributed by atoms with E-state index in [9.17, 15) is 19.1 Å². The SMILES string of the molecule is COCCN1C(=O)C(=O)/C(=C(/O)c2ccc(OC)c(C(C)C)c2)C1c1ccccc1F. The molecule has 1 saturated heterocycles. The van der Waals surface area contributed by atoms with Crippen molar-refractivity contribution in [2.45, 2.75) is 25.8 Å². The highest BCUT2D eigenvalue weighted by molar-refractivity contribution is 6.46. The Balaban J connectivity index is 2.21. The first-order valence-corrected chi connectivity index (χ1v) is 10.0. The van der Waals surface area contributed by atoms with Crippen LogP contribution in [0.4, 0.5) is 4.39 Å². The third kappa shape index (κ3) is 4.18. The molecule has 0 saturated carbocycles. The van der Waals surface area contributed by atoms with Gasteiger partial charge in [0, 0.05) is 24.8 Å². The van der Waals surface area contributed by atoms with E-state index in [-0.39, 0.29) is 36.0 Å². The van der Waals surface area contributed by atoms with Crippen molar-refractivity contribution in [3.63, 3.8) is 0 Å². The van der Waals surface area contributed by atoms with Gasteiger partial charge in [0.25, 0.3) is 11.7 Å². The van der Waals surface area contributed by atoms with Crippen LogP contribution in [0.25, 0.3) is 5.76 Å². The van der Waals surface area contributed by atoms with Crippen molar-refractivity contribution in [2.24, 2.45) is 0 Å². The maximum Gasteiger partial charge on any atom is 0.295 e. The van der Waals surface area contributed by atoms with E-state index in [1.165, 1.54) is 30.2 Å². The van der Waals surface area contributed by atoms with Gasteiger partial charge in [-0.05, 0) is 35.7 Å². The standard InChI is InChI=1S/C24H26FNO5/c1-14(2)17-13-15(9-10-19(17)31-4)22(27)20-21(16-7-5-6-8-18(16)25)26(11-12-30-3)24(29)23(20)28/h5-10,13-14,21,27H,11-12H2,1-4H3/b22-20+. The third-order valence-electron chi connectivity index (χ3n) is 5.40. The molecule has 1 amide bonds. The summed E-state index contributed by atoms with van der Waals surface area (Å²) in [5.41, 5.74) is 1.18. The lowest BCUT2D eigenvalue weighted by Gasteiger charge is -2.25. The molecule has 0 aromatic heterocycles. The molecule has 1 aliphatic rings. The van der Waals surface area contributed by atoms with Crippen LogP contribution in [-0.2, 0) is 14.3 Å². The molecule has 1 heterocycles. The summed E-state index contributed by atoms with van der Waals surface area (Å²) in [4.78, 5) is 26.9. The zero-order valence-corrected chi connectivity index (χ0v) is 18.0. The van der Waals surface area contributed by atoms with E-state index in [4.69, 9.17) is 9.47 Å². The second kappa shape index (κ2) is 9.31. The topological polar surface area (TPSA) is 76.1 Å². The number of likely N-dealkylation sites (tertiary alicyclic amines) is 1. The van der Waals surface area contributed by atoms with Crippen LogP contribution in [0.1, 0.15) is 42.5 Å². The Morgan fingerprint density at radius 2 is 1.87 bits per heavy atom. The van der Waals surface area contributed by atoms with E-state index < -0.39 is 23.5 Å². The molecule has 1 N–H and O–H groups in total. The number of Topliss-reactive ketones (excluding diaryl/α,β-unsaturated/α-hetero) is 1. The lowest BCUT2D eigenvalue weighted by atomic mass is 9.93. The van der Waals surface area contributed by atoms with Crippen molar-refractivity contribution in [3.8, 4) is 5.75 Å². The number of ketones is 1. The number of carbonyl (C=O) groups is 2. The molecule has 2 aromatic rings. The summed E-state index contributed by atoms with van der Waals surface area (Å²) >= 11 is 0. The first kappa shape index (κ1) is 22.5. The summed E-state index contributed by atoms with van der Waals surface area (Å²) in [5, 5.41) is 11.1. The number of hydrogen-bond acceptors (Lipinski definition) is 5. The molecule has 31 heavy (non-hydrogen) atoms. The van der Waals surface area contributed by atoms with E-state index in [0.717, 1.165) is 5.56 Å². The first-order chi connectivity index (χ1) is 14.8. The Hall–Kier alpha value is -3.19. The van der Waals surface area contributed by atoms with Gasteiger partial charge in [0.1, 0.15) is 17.3 Å². The van der Waals surface area contributed by atoms with Gasteiger partial charge in [-0.1, -0.05) is 32.0 Å². The van der Waals surface area contributed by atoms with Crippen LogP contribution in [0.15, 0.2) is 48.0 Å². The molecule has 0 spiro atoms. The zero-order valence-electron chi connectivity index (χ0n) is 18.0. The van der Waals surface area contributed by atoms with Crippen LogP contribution in [0.5, 0.6) is 5.75 Å². The van der Waals surface area contributed by atoms with Gasteiger partial charge in [0.2, 0.25) is 0 Å². The van der Waals surface area contributed by atoms with E-state index in [1.807, 2.05) is 13.8 Å². The Kier molecular flexibility index (Phi) is 6.75. The molecule has 0 bridgehead atoms. The maximum absolute atomic E-state index is 14.7. The van der Waals surface area contributed by atoms with Gasteiger partial charge in [-0.15, -0.1) is 0 Å². The van der Waals surface area contributed by atoms with E-state index >= 15 is 0 Å². The monoisotopic (exact) mass is 427 g/mol. The average molecular weight is 427 g/mol. The van der Waals surface area contributed by atoms with Crippen LogP contribution < -0.4 is 4.74 Å². The number of hydrogen-bond donors (Lipinski definition) is 1. The summed E-state index contributed by atoms with van der Waals surface area (Å²) in [5.74, 6) is -1.84. The Labute approximate surface area is 180 Å². The summed E-state index contributed by atoms with van der Waals surface area (Å²) < 4.78 is 25.1. The molecule has 3 rings (SSSR count). The highest BCUT2D eigenvalue weighted by Crippen LogP contribution is 2.41. The third-order valence-corrected chi connectivity index (χ3v) is 5.40. The van der Waals surface area contributed by atoms with Gasteiger partial charge in [-0.25, -0.2) is 4.39 Å². The molecule has 1 unspecified atom stereocenters. The highest BCUT2D eigenvalue weighted by atomic mass is 19.1. The number of aliphatic hydroxyl groups excluding tert-OH is 1. The molecule has 0 aliphatic carbocycles. The number of halogens is 1. The molecule has 7 heteroatoms. The van der Waals surface area contributed by atoms with E-state index in [0.29, 0.717) is 11.3 Å². The summed E-state index contributed by atoms with van der Waals surface area (Å²) in [6.45, 7) is 4.20. The number of ether oxygens (including phenoxy) is 2.